The van der Waals surface area contributed by atoms with Gasteiger partial charge in [0.15, 0.2) is 0 Å². The van der Waals surface area contributed by atoms with Crippen LogP contribution in [-0.2, 0) is 6.54 Å². The normalized spacial score (nSPS) is 23.5. The van der Waals surface area contributed by atoms with Crippen LogP contribution in [0.5, 0.6) is 0 Å². The van der Waals surface area contributed by atoms with E-state index in [0.29, 0.717) is 11.5 Å². The second-order valence-electron chi connectivity index (χ2n) is 4.77. The van der Waals surface area contributed by atoms with E-state index in [0.717, 1.165) is 32.4 Å². The van der Waals surface area contributed by atoms with Gasteiger partial charge in [0.25, 0.3) is 0 Å². The maximum atomic E-state index is 9.42. The first-order valence-electron chi connectivity index (χ1n) is 6.16. The van der Waals surface area contributed by atoms with Gasteiger partial charge in [0.1, 0.15) is 0 Å². The Morgan fingerprint density at radius 3 is 2.65 bits per heavy atom. The molecule has 2 atom stereocenters. The van der Waals surface area contributed by atoms with Crippen LogP contribution in [0.3, 0.4) is 0 Å². The summed E-state index contributed by atoms with van der Waals surface area (Å²) in [6.07, 6.45) is 2.92. The van der Waals surface area contributed by atoms with Crippen molar-refractivity contribution in [2.75, 3.05) is 6.54 Å². The number of aliphatic hydroxyl groups excluding tert-OH is 1. The van der Waals surface area contributed by atoms with Gasteiger partial charge in [0, 0.05) is 6.54 Å². The zero-order valence-corrected chi connectivity index (χ0v) is 9.89. The number of hydrogen-bond donors (Lipinski definition) is 2. The number of nitrogens with one attached hydrogen (secondary N) is 1. The summed E-state index contributed by atoms with van der Waals surface area (Å²) in [6, 6.07) is 9.76. The molecule has 1 saturated carbocycles. The predicted octanol–water partition coefficient (Wildman–Crippen LogP) is 1.81. The first kappa shape index (κ1) is 12.1. The molecule has 90 valence electrons. The first-order chi connectivity index (χ1) is 8.28. The lowest BCUT2D eigenvalue weighted by molar-refractivity contribution is 0.177. The van der Waals surface area contributed by atoms with Crippen LogP contribution in [0.25, 0.3) is 0 Å². The Hall–Kier alpha value is -1.37. The number of nitrogens with zero attached hydrogens (tertiary/aromatic N) is 1. The molecule has 1 fully saturated rings. The first-order valence-corrected chi connectivity index (χ1v) is 6.16. The molecule has 17 heavy (non-hydrogen) atoms. The highest BCUT2D eigenvalue weighted by molar-refractivity contribution is 5.31. The monoisotopic (exact) mass is 230 g/mol. The third-order valence-corrected chi connectivity index (χ3v) is 3.36. The zero-order valence-electron chi connectivity index (χ0n) is 9.89. The largest absolute Gasteiger partial charge is 0.393 e. The van der Waals surface area contributed by atoms with Crippen molar-refractivity contribution >= 4 is 0 Å². The summed E-state index contributed by atoms with van der Waals surface area (Å²) in [4.78, 5) is 0. The summed E-state index contributed by atoms with van der Waals surface area (Å²) in [7, 11) is 0. The van der Waals surface area contributed by atoms with Gasteiger partial charge in [-0.1, -0.05) is 12.1 Å². The van der Waals surface area contributed by atoms with Crippen LogP contribution in [0, 0.1) is 17.2 Å². The summed E-state index contributed by atoms with van der Waals surface area (Å²) in [5.41, 5.74) is 1.90. The lowest BCUT2D eigenvalue weighted by Gasteiger charge is -2.10. The molecule has 1 aliphatic carbocycles. The molecular weight excluding hydrogens is 212 g/mol. The third-order valence-electron chi connectivity index (χ3n) is 3.36. The lowest BCUT2D eigenvalue weighted by atomic mass is 10.1. The SMILES string of the molecule is N#Cc1ccc(CNCC2CCC(O)C2)cc1. The molecule has 1 aromatic carbocycles. The van der Waals surface area contributed by atoms with Gasteiger partial charge in [-0.2, -0.15) is 5.26 Å². The van der Waals surface area contributed by atoms with Crippen LogP contribution in [0.4, 0.5) is 0 Å². The Kier molecular flexibility index (Phi) is 4.13. The highest BCUT2D eigenvalue weighted by atomic mass is 16.3. The summed E-state index contributed by atoms with van der Waals surface area (Å²) in [6.45, 7) is 1.80. The van der Waals surface area contributed by atoms with Gasteiger partial charge >= 0.3 is 0 Å². The molecular formula is C14H18N2O. The van der Waals surface area contributed by atoms with Crippen LogP contribution in [-0.4, -0.2) is 17.8 Å². The zero-order chi connectivity index (χ0) is 12.1. The Bertz CT molecular complexity index is 394. The van der Waals surface area contributed by atoms with E-state index in [4.69, 9.17) is 5.26 Å². The molecule has 2 N–H and O–H groups in total. The summed E-state index contributed by atoms with van der Waals surface area (Å²) < 4.78 is 0. The highest BCUT2D eigenvalue weighted by Crippen LogP contribution is 2.24. The van der Waals surface area contributed by atoms with Crippen molar-refractivity contribution in [3.63, 3.8) is 0 Å². The van der Waals surface area contributed by atoms with Crippen molar-refractivity contribution in [3.8, 4) is 6.07 Å². The topological polar surface area (TPSA) is 56.0 Å². The van der Waals surface area contributed by atoms with Crippen LogP contribution in [0.1, 0.15) is 30.4 Å². The molecule has 0 heterocycles. The molecule has 0 amide bonds. The standard InChI is InChI=1S/C14H18N2O/c15-8-11-1-3-12(4-2-11)9-16-10-13-5-6-14(17)7-13/h1-4,13-14,16-17H,5-7,9-10H2. The van der Waals surface area contributed by atoms with Crippen molar-refractivity contribution in [2.24, 2.45) is 5.92 Å². The second-order valence-corrected chi connectivity index (χ2v) is 4.77. The average Bonchev–Trinajstić information content (AvgIpc) is 2.76. The van der Waals surface area contributed by atoms with Gasteiger partial charge in [-0.05, 0) is 49.4 Å². The second kappa shape index (κ2) is 5.81. The number of aliphatic hydroxyl groups is 1. The van der Waals surface area contributed by atoms with Gasteiger partial charge in [-0.3, -0.25) is 0 Å². The molecule has 1 aromatic rings. The minimum absolute atomic E-state index is 0.0864. The van der Waals surface area contributed by atoms with Crippen molar-refractivity contribution in [1.82, 2.24) is 5.32 Å². The van der Waals surface area contributed by atoms with Crippen LogP contribution < -0.4 is 5.32 Å². The maximum Gasteiger partial charge on any atom is 0.0991 e. The Balaban J connectivity index is 1.73. The maximum absolute atomic E-state index is 9.42. The van der Waals surface area contributed by atoms with E-state index in [1.165, 1.54) is 5.56 Å². The lowest BCUT2D eigenvalue weighted by Crippen LogP contribution is -2.21. The molecule has 0 saturated heterocycles. The van der Waals surface area contributed by atoms with Crippen molar-refractivity contribution < 1.29 is 5.11 Å². The fourth-order valence-electron chi connectivity index (χ4n) is 2.35. The van der Waals surface area contributed by atoms with Crippen LogP contribution in [0.15, 0.2) is 24.3 Å². The van der Waals surface area contributed by atoms with Crippen molar-refractivity contribution in [2.45, 2.75) is 31.9 Å². The summed E-state index contributed by atoms with van der Waals surface area (Å²) >= 11 is 0. The van der Waals surface area contributed by atoms with E-state index < -0.39 is 0 Å². The van der Waals surface area contributed by atoms with E-state index in [9.17, 15) is 5.11 Å². The minimum atomic E-state index is -0.0864. The molecule has 0 radical (unpaired) electrons. The van der Waals surface area contributed by atoms with Crippen molar-refractivity contribution in [1.29, 1.82) is 5.26 Å². The molecule has 0 spiro atoms. The van der Waals surface area contributed by atoms with Gasteiger partial charge in [-0.25, -0.2) is 0 Å². The smallest absolute Gasteiger partial charge is 0.0991 e. The van der Waals surface area contributed by atoms with Crippen LogP contribution in [0.2, 0.25) is 0 Å². The van der Waals surface area contributed by atoms with Crippen LogP contribution >= 0.6 is 0 Å². The Labute approximate surface area is 102 Å². The number of benzene rings is 1. The van der Waals surface area contributed by atoms with Gasteiger partial charge in [-0.15, -0.1) is 0 Å². The molecule has 2 rings (SSSR count). The van der Waals surface area contributed by atoms with E-state index in [2.05, 4.69) is 11.4 Å². The highest BCUT2D eigenvalue weighted by Gasteiger charge is 2.21. The molecule has 3 nitrogen and oxygen atoms in total. The Morgan fingerprint density at radius 1 is 1.29 bits per heavy atom. The molecule has 0 bridgehead atoms. The fourth-order valence-corrected chi connectivity index (χ4v) is 2.35. The molecule has 0 aliphatic heterocycles. The molecule has 2 unspecified atom stereocenters. The summed E-state index contributed by atoms with van der Waals surface area (Å²) in [5, 5.41) is 21.5. The average molecular weight is 230 g/mol. The van der Waals surface area contributed by atoms with E-state index in [1.54, 1.807) is 0 Å². The number of nitriles is 1. The fraction of sp³-hybridized carbons (Fsp3) is 0.500. The Morgan fingerprint density at radius 2 is 2.06 bits per heavy atom. The van der Waals surface area contributed by atoms with Gasteiger partial charge in [0.05, 0.1) is 17.7 Å². The summed E-state index contributed by atoms with van der Waals surface area (Å²) in [5.74, 6) is 0.614. The quantitative estimate of drug-likeness (QED) is 0.829. The number of hydrogen-bond acceptors (Lipinski definition) is 3. The predicted molar refractivity (Wildman–Crippen MR) is 66.2 cm³/mol. The van der Waals surface area contributed by atoms with Gasteiger partial charge < -0.3 is 10.4 Å². The number of rotatable bonds is 4. The molecule has 1 aliphatic rings. The van der Waals surface area contributed by atoms with E-state index in [1.807, 2.05) is 24.3 Å². The van der Waals surface area contributed by atoms with Gasteiger partial charge in [0.2, 0.25) is 0 Å². The third kappa shape index (κ3) is 3.55. The minimum Gasteiger partial charge on any atom is -0.393 e. The van der Waals surface area contributed by atoms with Crippen molar-refractivity contribution in [3.05, 3.63) is 35.4 Å². The molecule has 3 heteroatoms. The van der Waals surface area contributed by atoms with E-state index in [-0.39, 0.29) is 6.10 Å². The molecule has 0 aromatic heterocycles. The van der Waals surface area contributed by atoms with E-state index >= 15 is 0 Å².